The van der Waals surface area contributed by atoms with E-state index in [1.165, 1.54) is 64.2 Å². The third-order valence-electron chi connectivity index (χ3n) is 2.56. The second-order valence-corrected chi connectivity index (χ2v) is 5.51. The van der Waals surface area contributed by atoms with Gasteiger partial charge in [0.05, 0.1) is 0 Å². The van der Waals surface area contributed by atoms with E-state index >= 15 is 0 Å². The molecule has 0 spiro atoms. The van der Waals surface area contributed by atoms with Crippen LogP contribution in [0.3, 0.4) is 0 Å². The molecule has 5 N–H and O–H groups in total. The molecule has 112 valence electrons. The van der Waals surface area contributed by atoms with E-state index in [-0.39, 0.29) is 0 Å². The Morgan fingerprint density at radius 2 is 1.06 bits per heavy atom. The summed E-state index contributed by atoms with van der Waals surface area (Å²) in [5.41, 5.74) is 5.42. The van der Waals surface area contributed by atoms with Crippen molar-refractivity contribution >= 4 is 7.82 Å². The van der Waals surface area contributed by atoms with Crippen LogP contribution < -0.4 is 5.73 Å². The summed E-state index contributed by atoms with van der Waals surface area (Å²) < 4.78 is 8.88. The van der Waals surface area contributed by atoms with Crippen molar-refractivity contribution in [1.82, 2.24) is 0 Å². The monoisotopic (exact) mass is 283 g/mol. The maximum absolute atomic E-state index is 8.88. The van der Waals surface area contributed by atoms with Gasteiger partial charge in [0.15, 0.2) is 0 Å². The number of nitrogens with two attached hydrogens (primary N) is 1. The van der Waals surface area contributed by atoms with E-state index in [0.29, 0.717) is 0 Å². The zero-order chi connectivity index (χ0) is 14.3. The second-order valence-electron chi connectivity index (χ2n) is 4.48. The lowest BCUT2D eigenvalue weighted by Gasteiger charge is -2.00. The molecule has 0 rings (SSSR count). The fraction of sp³-hybridized carbons (Fsp3) is 1.00. The molecule has 0 aliphatic heterocycles. The summed E-state index contributed by atoms with van der Waals surface area (Å²) in [5, 5.41) is 0. The fourth-order valence-corrected chi connectivity index (χ4v) is 1.63. The van der Waals surface area contributed by atoms with Gasteiger partial charge in [-0.15, -0.1) is 0 Å². The summed E-state index contributed by atoms with van der Waals surface area (Å²) in [6.07, 6.45) is 13.9. The summed E-state index contributed by atoms with van der Waals surface area (Å²) in [5.74, 6) is 0. The van der Waals surface area contributed by atoms with Crippen LogP contribution in [0.4, 0.5) is 0 Å². The molecule has 0 aromatic heterocycles. The van der Waals surface area contributed by atoms with Gasteiger partial charge in [0, 0.05) is 0 Å². The van der Waals surface area contributed by atoms with E-state index in [1.807, 2.05) is 0 Å². The predicted octanol–water partition coefficient (Wildman–Crippen LogP) is 2.94. The molecule has 6 heteroatoms. The van der Waals surface area contributed by atoms with E-state index in [9.17, 15) is 0 Å². The number of phosphoric acid groups is 1. The van der Waals surface area contributed by atoms with Crippen LogP contribution >= 0.6 is 7.82 Å². The van der Waals surface area contributed by atoms with Crippen LogP contribution in [0.25, 0.3) is 0 Å². The highest BCUT2D eigenvalue weighted by Gasteiger charge is 2.00. The molecule has 0 heterocycles. The Labute approximate surface area is 111 Å². The zero-order valence-corrected chi connectivity index (χ0v) is 12.4. The molecule has 0 aromatic rings. The maximum Gasteiger partial charge on any atom is 0.466 e. The quantitative estimate of drug-likeness (QED) is 0.364. The van der Waals surface area contributed by atoms with E-state index in [4.69, 9.17) is 25.0 Å². The van der Waals surface area contributed by atoms with Crippen LogP contribution in [0.1, 0.15) is 71.1 Å². The number of unbranched alkanes of at least 4 members (excludes halogenated alkanes) is 9. The molecule has 0 aliphatic rings. The topological polar surface area (TPSA) is 104 Å². The van der Waals surface area contributed by atoms with Gasteiger partial charge < -0.3 is 20.4 Å². The van der Waals surface area contributed by atoms with Crippen molar-refractivity contribution in [1.29, 1.82) is 0 Å². The summed E-state index contributed by atoms with van der Waals surface area (Å²) in [7, 11) is -4.64. The van der Waals surface area contributed by atoms with Crippen molar-refractivity contribution < 1.29 is 19.2 Å². The third-order valence-corrected chi connectivity index (χ3v) is 2.56. The SMILES string of the molecule is CCCCCCCCCCCCN.O=P(O)(O)O. The second kappa shape index (κ2) is 15.1. The van der Waals surface area contributed by atoms with Crippen LogP contribution in [0.5, 0.6) is 0 Å². The molecule has 0 aromatic carbocycles. The first-order valence-corrected chi connectivity index (χ1v) is 8.46. The lowest BCUT2D eigenvalue weighted by atomic mass is 10.1. The van der Waals surface area contributed by atoms with Crippen molar-refractivity contribution in [3.05, 3.63) is 0 Å². The Hall–Kier alpha value is 0.0700. The smallest absolute Gasteiger partial charge is 0.330 e. The minimum atomic E-state index is -4.64. The molecule has 0 atom stereocenters. The molecule has 0 amide bonds. The van der Waals surface area contributed by atoms with Crippen molar-refractivity contribution in [3.63, 3.8) is 0 Å². The molecule has 0 unspecified atom stereocenters. The molecule has 0 saturated heterocycles. The van der Waals surface area contributed by atoms with E-state index in [1.54, 1.807) is 0 Å². The largest absolute Gasteiger partial charge is 0.466 e. The highest BCUT2D eigenvalue weighted by molar-refractivity contribution is 7.45. The molecule has 0 radical (unpaired) electrons. The standard InChI is InChI=1S/C12H27N.H3O4P/c1-2-3-4-5-6-7-8-9-10-11-12-13;1-5(2,3)4/h2-13H2,1H3;(H3,1,2,3,4). The minimum Gasteiger partial charge on any atom is -0.330 e. The van der Waals surface area contributed by atoms with Crippen molar-refractivity contribution in [2.45, 2.75) is 71.1 Å². The Balaban J connectivity index is 0. The molecular weight excluding hydrogens is 253 g/mol. The highest BCUT2D eigenvalue weighted by Crippen LogP contribution is 2.25. The van der Waals surface area contributed by atoms with Gasteiger partial charge in [-0.2, -0.15) is 0 Å². The van der Waals surface area contributed by atoms with Gasteiger partial charge in [-0.25, -0.2) is 4.57 Å². The summed E-state index contributed by atoms with van der Waals surface area (Å²) in [6.45, 7) is 3.14. The Bertz CT molecular complexity index is 178. The van der Waals surface area contributed by atoms with Crippen LogP contribution in [0.15, 0.2) is 0 Å². The fourth-order valence-electron chi connectivity index (χ4n) is 1.63. The molecule has 0 fully saturated rings. The highest BCUT2D eigenvalue weighted by atomic mass is 31.2. The molecule has 0 aliphatic carbocycles. The number of rotatable bonds is 10. The van der Waals surface area contributed by atoms with E-state index < -0.39 is 7.82 Å². The first-order chi connectivity index (χ1) is 8.41. The lowest BCUT2D eigenvalue weighted by molar-refractivity contribution is 0.275. The van der Waals surface area contributed by atoms with Gasteiger partial charge in [0.2, 0.25) is 0 Å². The van der Waals surface area contributed by atoms with Crippen molar-refractivity contribution in [2.24, 2.45) is 5.73 Å². The average molecular weight is 283 g/mol. The first-order valence-electron chi connectivity index (χ1n) is 6.90. The summed E-state index contributed by atoms with van der Waals surface area (Å²) >= 11 is 0. The van der Waals surface area contributed by atoms with Gasteiger partial charge in [-0.05, 0) is 13.0 Å². The molecular formula is C12H30NO4P. The Morgan fingerprint density at radius 3 is 1.33 bits per heavy atom. The number of hydrogen-bond acceptors (Lipinski definition) is 2. The van der Waals surface area contributed by atoms with Crippen LogP contribution in [-0.2, 0) is 4.57 Å². The average Bonchev–Trinajstić information content (AvgIpc) is 2.25. The predicted molar refractivity (Wildman–Crippen MR) is 75.2 cm³/mol. The third kappa shape index (κ3) is 36.0. The molecule has 18 heavy (non-hydrogen) atoms. The van der Waals surface area contributed by atoms with E-state index in [2.05, 4.69) is 6.92 Å². The van der Waals surface area contributed by atoms with Gasteiger partial charge >= 0.3 is 7.82 Å². The Morgan fingerprint density at radius 1 is 0.778 bits per heavy atom. The summed E-state index contributed by atoms with van der Waals surface area (Å²) in [6, 6.07) is 0. The van der Waals surface area contributed by atoms with Crippen LogP contribution in [0, 0.1) is 0 Å². The van der Waals surface area contributed by atoms with Gasteiger partial charge in [-0.3, -0.25) is 0 Å². The summed E-state index contributed by atoms with van der Waals surface area (Å²) in [4.78, 5) is 21.6. The molecule has 0 saturated carbocycles. The first kappa shape index (κ1) is 20.4. The molecule has 5 nitrogen and oxygen atoms in total. The van der Waals surface area contributed by atoms with E-state index in [0.717, 1.165) is 6.54 Å². The van der Waals surface area contributed by atoms with Crippen LogP contribution in [-0.4, -0.2) is 21.2 Å². The lowest BCUT2D eigenvalue weighted by Crippen LogP contribution is -1.97. The van der Waals surface area contributed by atoms with Gasteiger partial charge in [0.1, 0.15) is 0 Å². The van der Waals surface area contributed by atoms with Crippen molar-refractivity contribution in [2.75, 3.05) is 6.54 Å². The minimum absolute atomic E-state index is 0.872. The zero-order valence-electron chi connectivity index (χ0n) is 11.6. The molecule has 0 bridgehead atoms. The maximum atomic E-state index is 8.88. The van der Waals surface area contributed by atoms with Crippen LogP contribution in [0.2, 0.25) is 0 Å². The van der Waals surface area contributed by atoms with Gasteiger partial charge in [0.25, 0.3) is 0 Å². The normalized spacial score (nSPS) is 10.9. The van der Waals surface area contributed by atoms with Crippen molar-refractivity contribution in [3.8, 4) is 0 Å². The Kier molecular flexibility index (Phi) is 17.1. The number of hydrogen-bond donors (Lipinski definition) is 4. The van der Waals surface area contributed by atoms with Gasteiger partial charge in [-0.1, -0.05) is 64.7 Å².